The van der Waals surface area contributed by atoms with E-state index in [9.17, 15) is 0 Å². The van der Waals surface area contributed by atoms with Gasteiger partial charge in [0.1, 0.15) is 28.1 Å². The Balaban J connectivity index is 0.000000129. The average Bonchev–Trinajstić information content (AvgIpc) is 3.95. The third-order valence-corrected chi connectivity index (χ3v) is 11.3. The Morgan fingerprint density at radius 2 is 0.735 bits per heavy atom. The zero-order valence-electron chi connectivity index (χ0n) is 35.5. The van der Waals surface area contributed by atoms with E-state index in [1.54, 1.807) is 6.07 Å². The van der Waals surface area contributed by atoms with Crippen LogP contribution in [0, 0.1) is 0 Å². The van der Waals surface area contributed by atoms with Crippen LogP contribution >= 0.6 is 34.8 Å². The molecule has 0 unspecified atom stereocenters. The number of rotatable bonds is 7. The van der Waals surface area contributed by atoms with E-state index in [2.05, 4.69) is 55.3 Å². The first-order valence-corrected chi connectivity index (χ1v) is 22.2. The highest BCUT2D eigenvalue weighted by atomic mass is 35.5. The van der Waals surface area contributed by atoms with Crippen molar-refractivity contribution in [1.82, 2.24) is 29.9 Å². The standard InChI is InChI=1S/C27H16ClN3O.C15H7Cl2N3O.C12H10BO2/c28-27-30-25(19-10-6-9-18(15-19)17-7-2-1-3-8-17)29-26(31-27)20-13-14-22-21-11-4-5-12-23(21)32-24(22)16-20;16-14-18-13(19-15(17)20-14)8-5-6-10-9-3-1-2-4-11(9)21-12(10)7-8;14-13-15-12-8-4-7-11(9-12)10-5-2-1-3-6-10/h1-16H;1-7H;1-9,14H. The summed E-state index contributed by atoms with van der Waals surface area (Å²) in [6, 6.07) is 63.5. The second-order valence-electron chi connectivity index (χ2n) is 15.1. The van der Waals surface area contributed by atoms with Crippen LogP contribution in [0.1, 0.15) is 0 Å². The Bertz CT molecular complexity index is 3710. The van der Waals surface area contributed by atoms with Crippen molar-refractivity contribution in [2.24, 2.45) is 0 Å². The zero-order chi connectivity index (χ0) is 46.4. The van der Waals surface area contributed by atoms with E-state index in [1.807, 2.05) is 158 Å². The number of halogens is 3. The number of fused-ring (bicyclic) bond motifs is 6. The fraction of sp³-hybridized carbons (Fsp3) is 0. The van der Waals surface area contributed by atoms with Crippen molar-refractivity contribution in [3.8, 4) is 62.2 Å². The molecule has 1 N–H and O–H groups in total. The van der Waals surface area contributed by atoms with Gasteiger partial charge in [0.05, 0.1) is 0 Å². The Kier molecular flexibility index (Phi) is 12.9. The smallest absolute Gasteiger partial charge is 0.537 e. The molecule has 0 fully saturated rings. The van der Waals surface area contributed by atoms with Gasteiger partial charge in [0.15, 0.2) is 17.5 Å². The summed E-state index contributed by atoms with van der Waals surface area (Å²) < 4.78 is 16.8. The molecule has 14 heteroatoms. The Labute approximate surface area is 404 Å². The molecule has 8 aromatic carbocycles. The van der Waals surface area contributed by atoms with Gasteiger partial charge in [-0.05, 0) is 112 Å². The van der Waals surface area contributed by atoms with Gasteiger partial charge in [0.25, 0.3) is 0 Å². The number of nitrogens with zero attached hydrogens (tertiary/aromatic N) is 6. The van der Waals surface area contributed by atoms with E-state index in [-0.39, 0.29) is 15.9 Å². The molecule has 0 aliphatic carbocycles. The Hall–Kier alpha value is -7.93. The van der Waals surface area contributed by atoms with Crippen LogP contribution in [0.4, 0.5) is 0 Å². The van der Waals surface area contributed by atoms with Crippen LogP contribution in [0.2, 0.25) is 15.9 Å². The molecule has 0 saturated carbocycles. The van der Waals surface area contributed by atoms with Crippen LogP contribution in [0.25, 0.3) is 100 Å². The molecule has 12 rings (SSSR count). The summed E-state index contributed by atoms with van der Waals surface area (Å²) in [6.07, 6.45) is 0. The number of hydrogen-bond donors (Lipinski definition) is 1. The molecule has 0 aliphatic heterocycles. The van der Waals surface area contributed by atoms with E-state index < -0.39 is 0 Å². The third kappa shape index (κ3) is 9.78. The molecular weight excluding hydrogens is 914 g/mol. The van der Waals surface area contributed by atoms with Crippen LogP contribution < -0.4 is 4.65 Å². The maximum atomic E-state index is 8.53. The number of aromatic nitrogens is 6. The van der Waals surface area contributed by atoms with Crippen molar-refractivity contribution in [1.29, 1.82) is 0 Å². The lowest BCUT2D eigenvalue weighted by Gasteiger charge is -2.07. The topological polar surface area (TPSA) is 133 Å². The Morgan fingerprint density at radius 1 is 0.338 bits per heavy atom. The SMILES string of the molecule is Clc1nc(-c2cccc(-c3ccccc3)c2)nc(-c2ccc3c(c2)oc2ccccc23)n1.Clc1nc(Cl)nc(-c2ccc3c(c2)oc2ccccc23)n1.O[B]Oc1cccc(-c2ccccc2)c1. The number of benzene rings is 8. The highest BCUT2D eigenvalue weighted by Crippen LogP contribution is 2.34. The minimum absolute atomic E-state index is 0.0645. The monoisotopic (exact) mass is 945 g/mol. The quantitative estimate of drug-likeness (QED) is 0.154. The molecular formula is C54H33BCl3N6O4. The largest absolute Gasteiger partial charge is 0.569 e. The molecule has 0 amide bonds. The van der Waals surface area contributed by atoms with E-state index in [0.717, 1.165) is 82.8 Å². The molecule has 327 valence electrons. The predicted molar refractivity (Wildman–Crippen MR) is 271 cm³/mol. The van der Waals surface area contributed by atoms with Gasteiger partial charge in [0, 0.05) is 38.2 Å². The minimum Gasteiger partial charge on any atom is -0.537 e. The summed E-state index contributed by atoms with van der Waals surface area (Å²) in [5, 5.41) is 13.1. The van der Waals surface area contributed by atoms with Crippen LogP contribution in [0.15, 0.2) is 203 Å². The molecule has 68 heavy (non-hydrogen) atoms. The summed E-state index contributed by atoms with van der Waals surface area (Å²) in [7, 11) is 0.685. The van der Waals surface area contributed by atoms with Gasteiger partial charge in [-0.3, -0.25) is 0 Å². The van der Waals surface area contributed by atoms with Gasteiger partial charge >= 0.3 is 7.69 Å². The van der Waals surface area contributed by atoms with Crippen LogP contribution in [0.3, 0.4) is 0 Å². The van der Waals surface area contributed by atoms with Crippen LogP contribution in [0.5, 0.6) is 5.75 Å². The minimum atomic E-state index is 0.0645. The molecule has 1 radical (unpaired) electrons. The van der Waals surface area contributed by atoms with Crippen molar-refractivity contribution in [3.05, 3.63) is 210 Å². The fourth-order valence-electron chi connectivity index (χ4n) is 7.70. The molecule has 0 atom stereocenters. The molecule has 10 nitrogen and oxygen atoms in total. The molecule has 12 aromatic rings. The van der Waals surface area contributed by atoms with Crippen LogP contribution in [-0.2, 0) is 0 Å². The summed E-state index contributed by atoms with van der Waals surface area (Å²) >= 11 is 17.9. The third-order valence-electron chi connectivity index (χ3n) is 10.8. The first kappa shape index (κ1) is 43.9. The first-order chi connectivity index (χ1) is 33.3. The van der Waals surface area contributed by atoms with E-state index in [0.29, 0.717) is 30.9 Å². The number of para-hydroxylation sites is 2. The highest BCUT2D eigenvalue weighted by molar-refractivity contribution is 6.31. The van der Waals surface area contributed by atoms with Crippen LogP contribution in [-0.4, -0.2) is 42.6 Å². The molecule has 0 spiro atoms. The lowest BCUT2D eigenvalue weighted by molar-refractivity contribution is 0.454. The van der Waals surface area contributed by atoms with E-state index in [1.165, 1.54) is 0 Å². The van der Waals surface area contributed by atoms with Crippen molar-refractivity contribution in [2.45, 2.75) is 0 Å². The summed E-state index contributed by atoms with van der Waals surface area (Å²) in [5.74, 6) is 2.08. The van der Waals surface area contributed by atoms with Crippen molar-refractivity contribution in [2.75, 3.05) is 0 Å². The second kappa shape index (κ2) is 19.9. The zero-order valence-corrected chi connectivity index (χ0v) is 37.8. The highest BCUT2D eigenvalue weighted by Gasteiger charge is 2.14. The summed E-state index contributed by atoms with van der Waals surface area (Å²) in [6.45, 7) is 0. The van der Waals surface area contributed by atoms with Gasteiger partial charge < -0.3 is 18.5 Å². The second-order valence-corrected chi connectivity index (χ2v) is 16.1. The van der Waals surface area contributed by atoms with E-state index >= 15 is 0 Å². The fourth-order valence-corrected chi connectivity index (χ4v) is 8.23. The van der Waals surface area contributed by atoms with Gasteiger partial charge in [-0.15, -0.1) is 0 Å². The van der Waals surface area contributed by atoms with Crippen molar-refractivity contribution < 1.29 is 18.5 Å². The van der Waals surface area contributed by atoms with E-state index in [4.69, 9.17) is 58.3 Å². The van der Waals surface area contributed by atoms with Gasteiger partial charge in [-0.2, -0.15) is 24.9 Å². The molecule has 0 saturated heterocycles. The van der Waals surface area contributed by atoms with Gasteiger partial charge in [-0.1, -0.05) is 140 Å². The molecule has 4 aromatic heterocycles. The lowest BCUT2D eigenvalue weighted by atomic mass is 10.0. The number of furan rings is 2. The molecule has 4 heterocycles. The van der Waals surface area contributed by atoms with Crippen molar-refractivity contribution >= 4 is 86.4 Å². The van der Waals surface area contributed by atoms with Gasteiger partial charge in [-0.25, -0.2) is 4.98 Å². The normalized spacial score (nSPS) is 10.9. The maximum Gasteiger partial charge on any atom is 0.569 e. The summed E-state index contributed by atoms with van der Waals surface area (Å²) in [4.78, 5) is 25.4. The summed E-state index contributed by atoms with van der Waals surface area (Å²) in [5.41, 5.74) is 10.1. The molecule has 0 aliphatic rings. The average molecular weight is 947 g/mol. The maximum absolute atomic E-state index is 8.53. The van der Waals surface area contributed by atoms with Gasteiger partial charge in [0.2, 0.25) is 15.9 Å². The Morgan fingerprint density at radius 3 is 1.26 bits per heavy atom. The lowest BCUT2D eigenvalue weighted by Crippen LogP contribution is -1.99. The number of hydrogen-bond acceptors (Lipinski definition) is 10. The predicted octanol–water partition coefficient (Wildman–Crippen LogP) is 14.4. The van der Waals surface area contributed by atoms with Crippen molar-refractivity contribution in [3.63, 3.8) is 0 Å². The first-order valence-electron chi connectivity index (χ1n) is 21.1. The molecule has 0 bridgehead atoms.